The van der Waals surface area contributed by atoms with Crippen LogP contribution in [0.5, 0.6) is 0 Å². The molecule has 1 aromatic heterocycles. The van der Waals surface area contributed by atoms with Gasteiger partial charge in [0.05, 0.1) is 0 Å². The molecule has 0 aliphatic heterocycles. The second-order valence-electron chi connectivity index (χ2n) is 7.49. The zero-order chi connectivity index (χ0) is 18.4. The van der Waals surface area contributed by atoms with E-state index in [1.54, 1.807) is 10.8 Å². The molecule has 0 bridgehead atoms. The van der Waals surface area contributed by atoms with Crippen molar-refractivity contribution in [3.63, 3.8) is 0 Å². The van der Waals surface area contributed by atoms with Gasteiger partial charge >= 0.3 is 0 Å². The zero-order valence-electron chi connectivity index (χ0n) is 16.4. The Labute approximate surface area is 160 Å². The first-order valence-electron chi connectivity index (χ1n) is 9.22. The number of nitrogens with zero attached hydrogens (tertiary/aromatic N) is 3. The van der Waals surface area contributed by atoms with Crippen molar-refractivity contribution in [3.05, 3.63) is 35.7 Å². The number of aromatic nitrogens is 3. The van der Waals surface area contributed by atoms with E-state index >= 15 is 0 Å². The summed E-state index contributed by atoms with van der Waals surface area (Å²) >= 11 is 0. The molecule has 0 N–H and O–H groups in total. The zero-order valence-corrected chi connectivity index (χ0v) is 18.0. The first-order valence-corrected chi connectivity index (χ1v) is 11.4. The van der Waals surface area contributed by atoms with Gasteiger partial charge in [-0.1, -0.05) is 63.0 Å². The summed E-state index contributed by atoms with van der Waals surface area (Å²) < 4.78 is 2.40. The van der Waals surface area contributed by atoms with E-state index in [0.29, 0.717) is 5.92 Å². The molecular weight excluding hydrogens is 346 g/mol. The van der Waals surface area contributed by atoms with Gasteiger partial charge in [0.2, 0.25) is 5.16 Å². The van der Waals surface area contributed by atoms with E-state index in [4.69, 9.17) is 0 Å². The molecule has 1 heterocycles. The Kier molecular flexibility index (Phi) is 7.44. The Morgan fingerprint density at radius 3 is 2.36 bits per heavy atom. The highest BCUT2D eigenvalue weighted by Crippen LogP contribution is 2.43. The van der Waals surface area contributed by atoms with E-state index in [2.05, 4.69) is 73.6 Å². The SMILES string of the molecule is CCCCCC(C)(C)SSc1nnc(C)n1-c1ccc(C(C)C)cc1. The first kappa shape index (κ1) is 20.4. The molecule has 0 fully saturated rings. The monoisotopic (exact) mass is 377 g/mol. The summed E-state index contributed by atoms with van der Waals surface area (Å²) in [6, 6.07) is 8.76. The predicted molar refractivity (Wildman–Crippen MR) is 112 cm³/mol. The maximum Gasteiger partial charge on any atom is 0.206 e. The molecule has 0 radical (unpaired) electrons. The minimum atomic E-state index is 0.242. The lowest BCUT2D eigenvalue weighted by Gasteiger charge is -2.22. The number of hydrogen-bond acceptors (Lipinski definition) is 4. The Morgan fingerprint density at radius 2 is 1.76 bits per heavy atom. The predicted octanol–water partition coefficient (Wildman–Crippen LogP) is 6.80. The third-order valence-corrected chi connectivity index (χ3v) is 7.54. The summed E-state index contributed by atoms with van der Waals surface area (Å²) in [4.78, 5) is 0. The van der Waals surface area contributed by atoms with Crippen molar-refractivity contribution >= 4 is 21.6 Å². The van der Waals surface area contributed by atoms with Crippen LogP contribution < -0.4 is 0 Å². The third kappa shape index (κ3) is 5.78. The summed E-state index contributed by atoms with van der Waals surface area (Å²) in [5, 5.41) is 9.67. The molecule has 0 saturated heterocycles. The molecule has 2 rings (SSSR count). The maximum absolute atomic E-state index is 4.40. The van der Waals surface area contributed by atoms with E-state index in [1.165, 1.54) is 31.2 Å². The van der Waals surface area contributed by atoms with Crippen molar-refractivity contribution < 1.29 is 0 Å². The van der Waals surface area contributed by atoms with Crippen LogP contribution in [0.15, 0.2) is 29.4 Å². The van der Waals surface area contributed by atoms with Crippen LogP contribution in [-0.4, -0.2) is 19.5 Å². The van der Waals surface area contributed by atoms with Crippen molar-refractivity contribution in [2.45, 2.75) is 83.0 Å². The molecule has 0 amide bonds. The molecule has 2 aromatic rings. The van der Waals surface area contributed by atoms with Crippen LogP contribution in [0.25, 0.3) is 5.69 Å². The average molecular weight is 378 g/mol. The van der Waals surface area contributed by atoms with Crippen LogP contribution >= 0.6 is 21.6 Å². The largest absolute Gasteiger partial charge is 0.274 e. The van der Waals surface area contributed by atoms with Crippen molar-refractivity contribution in [1.82, 2.24) is 14.8 Å². The fourth-order valence-electron chi connectivity index (χ4n) is 2.69. The lowest BCUT2D eigenvalue weighted by molar-refractivity contribution is 0.575. The van der Waals surface area contributed by atoms with Crippen LogP contribution in [0.3, 0.4) is 0 Å². The highest BCUT2D eigenvalue weighted by molar-refractivity contribution is 8.77. The highest BCUT2D eigenvalue weighted by atomic mass is 33.1. The van der Waals surface area contributed by atoms with Gasteiger partial charge in [-0.05, 0) is 61.6 Å². The first-order chi connectivity index (χ1) is 11.8. The van der Waals surface area contributed by atoms with Crippen molar-refractivity contribution in [1.29, 1.82) is 0 Å². The molecule has 0 spiro atoms. The van der Waals surface area contributed by atoms with Gasteiger partial charge in [0.1, 0.15) is 5.82 Å². The molecule has 0 aliphatic carbocycles. The van der Waals surface area contributed by atoms with Crippen molar-refractivity contribution in [2.75, 3.05) is 0 Å². The minimum Gasteiger partial charge on any atom is -0.274 e. The fraction of sp³-hybridized carbons (Fsp3) is 0.600. The Balaban J connectivity index is 2.11. The summed E-state index contributed by atoms with van der Waals surface area (Å²) in [7, 11) is 3.65. The molecule has 3 nitrogen and oxygen atoms in total. The van der Waals surface area contributed by atoms with Crippen LogP contribution in [0.4, 0.5) is 0 Å². The van der Waals surface area contributed by atoms with Gasteiger partial charge in [-0.15, -0.1) is 10.2 Å². The van der Waals surface area contributed by atoms with Gasteiger partial charge in [-0.2, -0.15) is 0 Å². The standard InChI is InChI=1S/C20H31N3S2/c1-7-8-9-14-20(5,6)25-24-19-22-21-16(4)23(19)18-12-10-17(11-13-18)15(2)3/h10-13,15H,7-9,14H2,1-6H3. The third-order valence-electron chi connectivity index (χ3n) is 4.34. The van der Waals surface area contributed by atoms with Gasteiger partial charge in [-0.25, -0.2) is 0 Å². The number of unbranched alkanes of at least 4 members (excludes halogenated alkanes) is 2. The summed E-state index contributed by atoms with van der Waals surface area (Å²) in [5.74, 6) is 1.48. The molecule has 0 saturated carbocycles. The van der Waals surface area contributed by atoms with E-state index in [0.717, 1.165) is 16.7 Å². The molecule has 138 valence electrons. The van der Waals surface area contributed by atoms with E-state index in [9.17, 15) is 0 Å². The van der Waals surface area contributed by atoms with Gasteiger partial charge in [0.25, 0.3) is 0 Å². The van der Waals surface area contributed by atoms with E-state index < -0.39 is 0 Å². The van der Waals surface area contributed by atoms with Crippen LogP contribution in [0.2, 0.25) is 0 Å². The second-order valence-corrected chi connectivity index (χ2v) is 10.3. The normalized spacial score (nSPS) is 12.1. The summed E-state index contributed by atoms with van der Waals surface area (Å²) in [5.41, 5.74) is 2.49. The molecule has 0 aliphatic rings. The van der Waals surface area contributed by atoms with Crippen LogP contribution in [0.1, 0.15) is 77.6 Å². The van der Waals surface area contributed by atoms with Crippen LogP contribution in [-0.2, 0) is 0 Å². The molecular formula is C20H31N3S2. The van der Waals surface area contributed by atoms with Crippen molar-refractivity contribution in [3.8, 4) is 5.69 Å². The van der Waals surface area contributed by atoms with Gasteiger partial charge in [0, 0.05) is 10.4 Å². The summed E-state index contributed by atoms with van der Waals surface area (Å²) in [6.07, 6.45) is 5.11. The minimum absolute atomic E-state index is 0.242. The number of hydrogen-bond donors (Lipinski definition) is 0. The highest BCUT2D eigenvalue weighted by Gasteiger charge is 2.21. The molecule has 0 atom stereocenters. The summed E-state index contributed by atoms with van der Waals surface area (Å²) in [6.45, 7) is 13.4. The van der Waals surface area contributed by atoms with Gasteiger partial charge < -0.3 is 0 Å². The fourth-order valence-corrected chi connectivity index (χ4v) is 5.08. The van der Waals surface area contributed by atoms with E-state index in [-0.39, 0.29) is 4.75 Å². The molecule has 0 unspecified atom stereocenters. The lowest BCUT2D eigenvalue weighted by Crippen LogP contribution is -2.13. The van der Waals surface area contributed by atoms with Gasteiger partial charge in [-0.3, -0.25) is 4.57 Å². The maximum atomic E-state index is 4.40. The Bertz CT molecular complexity index is 660. The second kappa shape index (κ2) is 9.13. The smallest absolute Gasteiger partial charge is 0.206 e. The topological polar surface area (TPSA) is 30.7 Å². The molecule has 1 aromatic carbocycles. The quantitative estimate of drug-likeness (QED) is 0.355. The number of aryl methyl sites for hydroxylation is 1. The van der Waals surface area contributed by atoms with Gasteiger partial charge in [0.15, 0.2) is 0 Å². The van der Waals surface area contributed by atoms with Crippen molar-refractivity contribution in [2.24, 2.45) is 0 Å². The average Bonchev–Trinajstić information content (AvgIpc) is 2.94. The van der Waals surface area contributed by atoms with Crippen LogP contribution in [0, 0.1) is 6.92 Å². The lowest BCUT2D eigenvalue weighted by atomic mass is 10.0. The molecule has 25 heavy (non-hydrogen) atoms. The Hall–Kier alpha value is -0.940. The van der Waals surface area contributed by atoms with E-state index in [1.807, 2.05) is 17.7 Å². The molecule has 5 heteroatoms. The Morgan fingerprint density at radius 1 is 1.08 bits per heavy atom. The number of rotatable bonds is 9. The number of benzene rings is 1.